The van der Waals surface area contributed by atoms with Gasteiger partial charge in [0.2, 0.25) is 0 Å². The number of rotatable bonds is 2. The van der Waals surface area contributed by atoms with Gasteiger partial charge in [0, 0.05) is 5.02 Å². The van der Waals surface area contributed by atoms with E-state index in [1.165, 1.54) is 0 Å². The average molecular weight is 258 g/mol. The number of hydrogen-bond acceptors (Lipinski definition) is 3. The van der Waals surface area contributed by atoms with Crippen molar-refractivity contribution >= 4 is 28.7 Å². The van der Waals surface area contributed by atoms with Crippen LogP contribution in [-0.4, -0.2) is 0 Å². The lowest BCUT2D eigenvalue weighted by molar-refractivity contribution is 1.43. The van der Waals surface area contributed by atoms with Gasteiger partial charge in [-0.15, -0.1) is 0 Å². The standard InChI is InChI=1S/C14H12ClN3/c1-9-2-5-12(17)14(6-9)18-13-7-11(15)4-3-10(13)8-16/h2-7,18H,17H2,1H3. The maximum Gasteiger partial charge on any atom is 0.101 e. The monoisotopic (exact) mass is 257 g/mol. The average Bonchev–Trinajstić information content (AvgIpc) is 2.34. The van der Waals surface area contributed by atoms with Crippen molar-refractivity contribution in [2.24, 2.45) is 0 Å². The van der Waals surface area contributed by atoms with Gasteiger partial charge >= 0.3 is 0 Å². The number of nitrogen functional groups attached to an aromatic ring is 1. The van der Waals surface area contributed by atoms with Crippen molar-refractivity contribution in [3.63, 3.8) is 0 Å². The zero-order chi connectivity index (χ0) is 13.1. The Morgan fingerprint density at radius 1 is 1.17 bits per heavy atom. The Kier molecular flexibility index (Phi) is 3.40. The van der Waals surface area contributed by atoms with Crippen LogP contribution in [0.25, 0.3) is 0 Å². The van der Waals surface area contributed by atoms with Gasteiger partial charge in [-0.25, -0.2) is 0 Å². The van der Waals surface area contributed by atoms with Gasteiger partial charge in [0.1, 0.15) is 6.07 Å². The van der Waals surface area contributed by atoms with Gasteiger partial charge in [-0.3, -0.25) is 0 Å². The maximum absolute atomic E-state index is 9.05. The number of halogens is 1. The van der Waals surface area contributed by atoms with Gasteiger partial charge in [-0.1, -0.05) is 17.7 Å². The predicted molar refractivity (Wildman–Crippen MR) is 75.0 cm³/mol. The van der Waals surface area contributed by atoms with Crippen molar-refractivity contribution < 1.29 is 0 Å². The first kappa shape index (κ1) is 12.3. The van der Waals surface area contributed by atoms with E-state index in [9.17, 15) is 0 Å². The highest BCUT2D eigenvalue weighted by molar-refractivity contribution is 6.30. The lowest BCUT2D eigenvalue weighted by Gasteiger charge is -2.11. The summed E-state index contributed by atoms with van der Waals surface area (Å²) in [5, 5.41) is 12.8. The molecule has 0 fully saturated rings. The van der Waals surface area contributed by atoms with Crippen LogP contribution in [0.2, 0.25) is 5.02 Å². The third kappa shape index (κ3) is 2.55. The van der Waals surface area contributed by atoms with Crippen LogP contribution in [0, 0.1) is 18.3 Å². The maximum atomic E-state index is 9.05. The zero-order valence-electron chi connectivity index (χ0n) is 9.87. The van der Waals surface area contributed by atoms with Crippen LogP contribution in [0.15, 0.2) is 36.4 Å². The molecular formula is C14H12ClN3. The van der Waals surface area contributed by atoms with Crippen molar-refractivity contribution in [3.05, 3.63) is 52.5 Å². The van der Waals surface area contributed by atoms with E-state index in [-0.39, 0.29) is 0 Å². The highest BCUT2D eigenvalue weighted by Gasteiger charge is 2.05. The Labute approximate surface area is 111 Å². The van der Waals surface area contributed by atoms with E-state index in [0.29, 0.717) is 22.0 Å². The Hall–Kier alpha value is -2.18. The van der Waals surface area contributed by atoms with E-state index in [0.717, 1.165) is 11.3 Å². The highest BCUT2D eigenvalue weighted by atomic mass is 35.5. The molecule has 0 bridgehead atoms. The van der Waals surface area contributed by atoms with Gasteiger partial charge in [0.05, 0.1) is 22.6 Å². The Morgan fingerprint density at radius 2 is 1.94 bits per heavy atom. The van der Waals surface area contributed by atoms with Crippen molar-refractivity contribution in [1.29, 1.82) is 5.26 Å². The molecule has 0 saturated heterocycles. The van der Waals surface area contributed by atoms with Crippen LogP contribution in [0.4, 0.5) is 17.1 Å². The summed E-state index contributed by atoms with van der Waals surface area (Å²) >= 11 is 5.93. The van der Waals surface area contributed by atoms with E-state index < -0.39 is 0 Å². The molecule has 2 rings (SSSR count). The molecule has 3 nitrogen and oxygen atoms in total. The SMILES string of the molecule is Cc1ccc(N)c(Nc2cc(Cl)ccc2C#N)c1. The minimum absolute atomic E-state index is 0.528. The van der Waals surface area contributed by atoms with Gasteiger partial charge in [0.15, 0.2) is 0 Å². The molecule has 0 unspecified atom stereocenters. The molecule has 0 spiro atoms. The molecular weight excluding hydrogens is 246 g/mol. The molecule has 90 valence electrons. The first-order valence-electron chi connectivity index (χ1n) is 5.43. The third-order valence-corrected chi connectivity index (χ3v) is 2.82. The molecule has 0 aliphatic rings. The zero-order valence-corrected chi connectivity index (χ0v) is 10.6. The smallest absolute Gasteiger partial charge is 0.101 e. The van der Waals surface area contributed by atoms with Gasteiger partial charge in [0.25, 0.3) is 0 Å². The topological polar surface area (TPSA) is 61.8 Å². The summed E-state index contributed by atoms with van der Waals surface area (Å²) in [5.74, 6) is 0. The number of nitrogens with zero attached hydrogens (tertiary/aromatic N) is 1. The quantitative estimate of drug-likeness (QED) is 0.804. The number of benzene rings is 2. The molecule has 2 aromatic rings. The van der Waals surface area contributed by atoms with Crippen LogP contribution in [0.3, 0.4) is 0 Å². The summed E-state index contributed by atoms with van der Waals surface area (Å²) in [5.41, 5.74) is 9.56. The minimum Gasteiger partial charge on any atom is -0.397 e. The molecule has 0 saturated carbocycles. The van der Waals surface area contributed by atoms with E-state index in [1.807, 2.05) is 25.1 Å². The number of nitrogens with one attached hydrogen (secondary N) is 1. The number of hydrogen-bond donors (Lipinski definition) is 2. The summed E-state index contributed by atoms with van der Waals surface area (Å²) in [6.45, 7) is 1.98. The first-order chi connectivity index (χ1) is 8.60. The van der Waals surface area contributed by atoms with Crippen LogP contribution >= 0.6 is 11.6 Å². The molecule has 0 heterocycles. The molecule has 0 aromatic heterocycles. The van der Waals surface area contributed by atoms with Crippen molar-refractivity contribution in [2.45, 2.75) is 6.92 Å². The van der Waals surface area contributed by atoms with Crippen LogP contribution in [0.1, 0.15) is 11.1 Å². The molecule has 3 N–H and O–H groups in total. The second kappa shape index (κ2) is 4.99. The van der Waals surface area contributed by atoms with E-state index in [1.54, 1.807) is 18.2 Å². The van der Waals surface area contributed by atoms with Crippen molar-refractivity contribution in [3.8, 4) is 6.07 Å². The van der Waals surface area contributed by atoms with Crippen molar-refractivity contribution in [1.82, 2.24) is 0 Å². The van der Waals surface area contributed by atoms with Gasteiger partial charge in [-0.2, -0.15) is 5.26 Å². The summed E-state index contributed by atoms with van der Waals surface area (Å²) in [7, 11) is 0. The van der Waals surface area contributed by atoms with E-state index in [2.05, 4.69) is 11.4 Å². The molecule has 2 aromatic carbocycles. The molecule has 0 atom stereocenters. The predicted octanol–water partition coefficient (Wildman–Crippen LogP) is 3.85. The number of anilines is 3. The third-order valence-electron chi connectivity index (χ3n) is 2.58. The lowest BCUT2D eigenvalue weighted by Crippen LogP contribution is -1.98. The summed E-state index contributed by atoms with van der Waals surface area (Å²) in [6.07, 6.45) is 0. The summed E-state index contributed by atoms with van der Waals surface area (Å²) in [4.78, 5) is 0. The van der Waals surface area contributed by atoms with Crippen molar-refractivity contribution in [2.75, 3.05) is 11.1 Å². The summed E-state index contributed by atoms with van der Waals surface area (Å²) in [6, 6.07) is 12.9. The van der Waals surface area contributed by atoms with Crippen LogP contribution < -0.4 is 11.1 Å². The molecule has 0 amide bonds. The normalized spacial score (nSPS) is 9.83. The molecule has 0 radical (unpaired) electrons. The van der Waals surface area contributed by atoms with E-state index in [4.69, 9.17) is 22.6 Å². The Morgan fingerprint density at radius 3 is 2.67 bits per heavy atom. The number of aryl methyl sites for hydroxylation is 1. The largest absolute Gasteiger partial charge is 0.397 e. The fraction of sp³-hybridized carbons (Fsp3) is 0.0714. The van der Waals surface area contributed by atoms with Gasteiger partial charge < -0.3 is 11.1 Å². The van der Waals surface area contributed by atoms with E-state index >= 15 is 0 Å². The first-order valence-corrected chi connectivity index (χ1v) is 5.81. The molecule has 0 aliphatic heterocycles. The minimum atomic E-state index is 0.528. The highest BCUT2D eigenvalue weighted by Crippen LogP contribution is 2.28. The fourth-order valence-corrected chi connectivity index (χ4v) is 1.81. The molecule has 0 aliphatic carbocycles. The second-order valence-electron chi connectivity index (χ2n) is 4.02. The lowest BCUT2D eigenvalue weighted by atomic mass is 10.1. The molecule has 18 heavy (non-hydrogen) atoms. The fourth-order valence-electron chi connectivity index (χ4n) is 1.64. The second-order valence-corrected chi connectivity index (χ2v) is 4.45. The number of nitriles is 1. The Bertz CT molecular complexity index is 629. The van der Waals surface area contributed by atoms with Crippen LogP contribution in [0.5, 0.6) is 0 Å². The van der Waals surface area contributed by atoms with Gasteiger partial charge in [-0.05, 0) is 42.8 Å². The summed E-state index contributed by atoms with van der Waals surface area (Å²) < 4.78 is 0. The number of nitrogens with two attached hydrogens (primary N) is 1. The van der Waals surface area contributed by atoms with Crippen LogP contribution in [-0.2, 0) is 0 Å². The Balaban J connectivity index is 2.43. The molecule has 4 heteroatoms.